The third-order valence-electron chi connectivity index (χ3n) is 4.94. The van der Waals surface area contributed by atoms with Gasteiger partial charge in [0.05, 0.1) is 17.7 Å². The summed E-state index contributed by atoms with van der Waals surface area (Å²) in [6.07, 6.45) is 5.15. The maximum absolute atomic E-state index is 12.2. The average molecular weight is 341 g/mol. The number of carbonyl (C=O) groups is 2. The molecule has 2 aromatic rings. The SMILES string of the molecule is COC(=O)c1ccc(C2CC(=O)Nc3sc4c(c32)CCCC4)cc1. The van der Waals surface area contributed by atoms with Gasteiger partial charge >= 0.3 is 5.97 Å². The van der Waals surface area contributed by atoms with Gasteiger partial charge in [0.25, 0.3) is 0 Å². The summed E-state index contributed by atoms with van der Waals surface area (Å²) in [6, 6.07) is 7.47. The van der Waals surface area contributed by atoms with Crippen LogP contribution in [0.15, 0.2) is 24.3 Å². The molecule has 1 atom stereocenters. The number of rotatable bonds is 2. The molecule has 0 saturated carbocycles. The van der Waals surface area contributed by atoms with Crippen LogP contribution < -0.4 is 5.32 Å². The molecule has 4 rings (SSSR count). The molecule has 0 bridgehead atoms. The van der Waals surface area contributed by atoms with E-state index in [1.54, 1.807) is 23.5 Å². The summed E-state index contributed by atoms with van der Waals surface area (Å²) in [5.41, 5.74) is 4.38. The van der Waals surface area contributed by atoms with Gasteiger partial charge in [0.2, 0.25) is 5.91 Å². The predicted molar refractivity (Wildman–Crippen MR) is 93.8 cm³/mol. The highest BCUT2D eigenvalue weighted by molar-refractivity contribution is 7.16. The van der Waals surface area contributed by atoms with Crippen molar-refractivity contribution in [3.05, 3.63) is 51.4 Å². The first-order valence-electron chi connectivity index (χ1n) is 8.30. The Labute approximate surface area is 144 Å². The molecule has 5 heteroatoms. The molecule has 0 radical (unpaired) electrons. The van der Waals surface area contributed by atoms with E-state index in [1.807, 2.05) is 12.1 Å². The molecule has 1 aromatic heterocycles. The number of thiophene rings is 1. The van der Waals surface area contributed by atoms with Crippen molar-refractivity contribution >= 4 is 28.2 Å². The topological polar surface area (TPSA) is 55.4 Å². The first-order chi connectivity index (χ1) is 11.7. The number of aryl methyl sites for hydroxylation is 1. The lowest BCUT2D eigenvalue weighted by Crippen LogP contribution is -2.23. The van der Waals surface area contributed by atoms with E-state index < -0.39 is 0 Å². The lowest BCUT2D eigenvalue weighted by atomic mass is 9.82. The Bertz CT molecular complexity index is 807. The number of nitrogens with one attached hydrogen (secondary N) is 1. The van der Waals surface area contributed by atoms with Crippen molar-refractivity contribution in [3.63, 3.8) is 0 Å². The van der Waals surface area contributed by atoms with Gasteiger partial charge in [0.15, 0.2) is 0 Å². The zero-order chi connectivity index (χ0) is 16.7. The molecule has 1 aliphatic heterocycles. The molecule has 1 aliphatic carbocycles. The Kier molecular flexibility index (Phi) is 3.88. The molecule has 2 heterocycles. The highest BCUT2D eigenvalue weighted by atomic mass is 32.1. The molecule has 1 amide bonds. The average Bonchev–Trinajstić information content (AvgIpc) is 2.98. The molecule has 0 saturated heterocycles. The highest BCUT2D eigenvalue weighted by Gasteiger charge is 2.33. The molecule has 124 valence electrons. The van der Waals surface area contributed by atoms with Crippen molar-refractivity contribution in [1.29, 1.82) is 0 Å². The van der Waals surface area contributed by atoms with Gasteiger partial charge in [-0.3, -0.25) is 4.79 Å². The van der Waals surface area contributed by atoms with Crippen molar-refractivity contribution in [1.82, 2.24) is 0 Å². The lowest BCUT2D eigenvalue weighted by molar-refractivity contribution is -0.116. The molecule has 2 aliphatic rings. The highest BCUT2D eigenvalue weighted by Crippen LogP contribution is 2.47. The Balaban J connectivity index is 1.75. The first-order valence-corrected chi connectivity index (χ1v) is 9.11. The van der Waals surface area contributed by atoms with Crippen LogP contribution in [0, 0.1) is 0 Å². The zero-order valence-corrected chi connectivity index (χ0v) is 14.4. The molecule has 0 spiro atoms. The summed E-state index contributed by atoms with van der Waals surface area (Å²) in [4.78, 5) is 25.2. The maximum Gasteiger partial charge on any atom is 0.337 e. The van der Waals surface area contributed by atoms with Gasteiger partial charge in [-0.15, -0.1) is 11.3 Å². The summed E-state index contributed by atoms with van der Waals surface area (Å²) < 4.78 is 4.76. The summed E-state index contributed by atoms with van der Waals surface area (Å²) in [5, 5.41) is 4.09. The summed E-state index contributed by atoms with van der Waals surface area (Å²) >= 11 is 1.75. The van der Waals surface area contributed by atoms with Crippen LogP contribution >= 0.6 is 11.3 Å². The molecule has 0 fully saturated rings. The molecule has 1 aromatic carbocycles. The van der Waals surface area contributed by atoms with Gasteiger partial charge < -0.3 is 10.1 Å². The van der Waals surface area contributed by atoms with Gasteiger partial charge in [-0.1, -0.05) is 12.1 Å². The molecule has 1 N–H and O–H groups in total. The summed E-state index contributed by atoms with van der Waals surface area (Å²) in [6.45, 7) is 0. The second-order valence-electron chi connectivity index (χ2n) is 6.37. The van der Waals surface area contributed by atoms with E-state index in [0.717, 1.165) is 23.4 Å². The zero-order valence-electron chi connectivity index (χ0n) is 13.6. The summed E-state index contributed by atoms with van der Waals surface area (Å²) in [5.74, 6) is -0.182. The van der Waals surface area contributed by atoms with Gasteiger partial charge in [-0.05, 0) is 54.5 Å². The van der Waals surface area contributed by atoms with Crippen LogP contribution in [0.25, 0.3) is 0 Å². The fourth-order valence-electron chi connectivity index (χ4n) is 3.77. The van der Waals surface area contributed by atoms with Crippen LogP contribution in [0.1, 0.15) is 57.1 Å². The molecule has 1 unspecified atom stereocenters. The van der Waals surface area contributed by atoms with Crippen molar-refractivity contribution < 1.29 is 14.3 Å². The van der Waals surface area contributed by atoms with Crippen LogP contribution in [0.5, 0.6) is 0 Å². The van der Waals surface area contributed by atoms with Crippen LogP contribution in [-0.4, -0.2) is 19.0 Å². The Morgan fingerprint density at radius 3 is 2.71 bits per heavy atom. The fraction of sp³-hybridized carbons (Fsp3) is 0.368. The van der Waals surface area contributed by atoms with E-state index in [1.165, 1.54) is 36.0 Å². The summed E-state index contributed by atoms with van der Waals surface area (Å²) in [7, 11) is 1.38. The Morgan fingerprint density at radius 2 is 1.96 bits per heavy atom. The van der Waals surface area contributed by atoms with E-state index in [9.17, 15) is 9.59 Å². The minimum absolute atomic E-state index is 0.0724. The number of carbonyl (C=O) groups excluding carboxylic acids is 2. The largest absolute Gasteiger partial charge is 0.465 e. The van der Waals surface area contributed by atoms with Crippen molar-refractivity contribution in [3.8, 4) is 0 Å². The van der Waals surface area contributed by atoms with E-state index in [0.29, 0.717) is 12.0 Å². The third-order valence-corrected chi connectivity index (χ3v) is 6.16. The van der Waals surface area contributed by atoms with Crippen LogP contribution in [0.2, 0.25) is 0 Å². The van der Waals surface area contributed by atoms with E-state index >= 15 is 0 Å². The van der Waals surface area contributed by atoms with Crippen molar-refractivity contribution in [2.24, 2.45) is 0 Å². The number of hydrogen-bond donors (Lipinski definition) is 1. The minimum atomic E-state index is -0.337. The number of anilines is 1. The number of fused-ring (bicyclic) bond motifs is 3. The first kappa shape index (κ1) is 15.4. The second kappa shape index (κ2) is 6.06. The molecule has 4 nitrogen and oxygen atoms in total. The van der Waals surface area contributed by atoms with Gasteiger partial charge in [-0.2, -0.15) is 0 Å². The van der Waals surface area contributed by atoms with Gasteiger partial charge in [-0.25, -0.2) is 4.79 Å². The number of methoxy groups -OCH3 is 1. The number of benzene rings is 1. The monoisotopic (exact) mass is 341 g/mol. The van der Waals surface area contributed by atoms with Crippen LogP contribution in [-0.2, 0) is 22.4 Å². The van der Waals surface area contributed by atoms with Gasteiger partial charge in [0, 0.05) is 17.2 Å². The number of esters is 1. The Morgan fingerprint density at radius 1 is 1.21 bits per heavy atom. The van der Waals surface area contributed by atoms with E-state index in [4.69, 9.17) is 4.74 Å². The minimum Gasteiger partial charge on any atom is -0.465 e. The lowest BCUT2D eigenvalue weighted by Gasteiger charge is -2.25. The molecule has 24 heavy (non-hydrogen) atoms. The normalized spacial score (nSPS) is 19.2. The van der Waals surface area contributed by atoms with Crippen LogP contribution in [0.4, 0.5) is 5.00 Å². The fourth-order valence-corrected chi connectivity index (χ4v) is 5.14. The second-order valence-corrected chi connectivity index (χ2v) is 7.48. The predicted octanol–water partition coefficient (Wildman–Crippen LogP) is 3.89. The van der Waals surface area contributed by atoms with E-state index in [-0.39, 0.29) is 17.8 Å². The van der Waals surface area contributed by atoms with Crippen LogP contribution in [0.3, 0.4) is 0 Å². The smallest absolute Gasteiger partial charge is 0.337 e. The van der Waals surface area contributed by atoms with Crippen molar-refractivity contribution in [2.45, 2.75) is 38.0 Å². The standard InChI is InChI=1S/C19H19NO3S/c1-23-19(22)12-8-6-11(7-9-12)14-10-16(21)20-18-17(14)13-4-2-3-5-15(13)24-18/h6-9,14H,2-5,10H2,1H3,(H,20,21). The molecular weight excluding hydrogens is 322 g/mol. The number of hydrogen-bond acceptors (Lipinski definition) is 4. The Hall–Kier alpha value is -2.14. The number of ether oxygens (including phenoxy) is 1. The van der Waals surface area contributed by atoms with Crippen molar-refractivity contribution in [2.75, 3.05) is 12.4 Å². The molecular formula is C19H19NO3S. The maximum atomic E-state index is 12.2. The quantitative estimate of drug-likeness (QED) is 0.843. The third kappa shape index (κ3) is 2.53. The number of amides is 1. The van der Waals surface area contributed by atoms with Gasteiger partial charge in [0.1, 0.15) is 0 Å². The van der Waals surface area contributed by atoms with E-state index in [2.05, 4.69) is 5.32 Å².